The minimum Gasteiger partial charge on any atom is -0.484 e. The lowest BCUT2D eigenvalue weighted by atomic mass is 10.00. The highest BCUT2D eigenvalue weighted by atomic mass is 16.5. The summed E-state index contributed by atoms with van der Waals surface area (Å²) in [6, 6.07) is 20.9. The fourth-order valence-corrected chi connectivity index (χ4v) is 2.94. The van der Waals surface area contributed by atoms with E-state index in [1.807, 2.05) is 31.2 Å². The van der Waals surface area contributed by atoms with Crippen LogP contribution < -0.4 is 10.1 Å². The second-order valence-corrected chi connectivity index (χ2v) is 6.23. The van der Waals surface area contributed by atoms with Gasteiger partial charge in [0.25, 0.3) is 5.91 Å². The van der Waals surface area contributed by atoms with Crippen LogP contribution in [-0.4, -0.2) is 18.3 Å². The standard InChI is InChI=1S/C22H21NO3/c1-15(20-12-6-8-17-7-3-4-11-21(17)20)23-22(25)14-26-19-10-5-9-18(13-19)16(2)24/h3-13,15H,14H2,1-2H3,(H,23,25)/t15-/m1/s1. The first-order valence-electron chi connectivity index (χ1n) is 8.55. The molecule has 4 heteroatoms. The van der Waals surface area contributed by atoms with E-state index in [4.69, 9.17) is 4.74 Å². The Kier molecular flexibility index (Phi) is 5.32. The maximum Gasteiger partial charge on any atom is 0.258 e. The number of fused-ring (bicyclic) bond motifs is 1. The summed E-state index contributed by atoms with van der Waals surface area (Å²) in [5.74, 6) is 0.258. The summed E-state index contributed by atoms with van der Waals surface area (Å²) in [6.07, 6.45) is 0. The molecule has 1 amide bonds. The van der Waals surface area contributed by atoms with E-state index in [0.717, 1.165) is 16.3 Å². The van der Waals surface area contributed by atoms with Crippen molar-refractivity contribution in [2.45, 2.75) is 19.9 Å². The number of rotatable bonds is 6. The lowest BCUT2D eigenvalue weighted by Crippen LogP contribution is -2.31. The average molecular weight is 347 g/mol. The van der Waals surface area contributed by atoms with Crippen molar-refractivity contribution in [1.29, 1.82) is 0 Å². The Morgan fingerprint density at radius 1 is 1.00 bits per heavy atom. The minimum absolute atomic E-state index is 0.0375. The van der Waals surface area contributed by atoms with Crippen LogP contribution in [0, 0.1) is 0 Å². The van der Waals surface area contributed by atoms with Gasteiger partial charge in [-0.1, -0.05) is 54.6 Å². The van der Waals surface area contributed by atoms with Crippen LogP contribution in [-0.2, 0) is 4.79 Å². The zero-order chi connectivity index (χ0) is 18.5. The van der Waals surface area contributed by atoms with Crippen molar-refractivity contribution in [3.8, 4) is 5.75 Å². The van der Waals surface area contributed by atoms with Gasteiger partial charge in [-0.3, -0.25) is 9.59 Å². The maximum absolute atomic E-state index is 12.3. The van der Waals surface area contributed by atoms with Gasteiger partial charge in [-0.25, -0.2) is 0 Å². The smallest absolute Gasteiger partial charge is 0.258 e. The molecule has 0 aliphatic carbocycles. The highest BCUT2D eigenvalue weighted by Crippen LogP contribution is 2.24. The highest BCUT2D eigenvalue weighted by Gasteiger charge is 2.13. The number of nitrogens with one attached hydrogen (secondary N) is 1. The second-order valence-electron chi connectivity index (χ2n) is 6.23. The van der Waals surface area contributed by atoms with Crippen molar-refractivity contribution in [3.05, 3.63) is 77.9 Å². The molecule has 0 saturated carbocycles. The van der Waals surface area contributed by atoms with E-state index >= 15 is 0 Å². The normalized spacial score (nSPS) is 11.8. The number of carbonyl (C=O) groups excluding carboxylic acids is 2. The van der Waals surface area contributed by atoms with Gasteiger partial charge >= 0.3 is 0 Å². The molecule has 1 N–H and O–H groups in total. The molecule has 0 aromatic heterocycles. The number of ketones is 1. The van der Waals surface area contributed by atoms with Gasteiger partial charge in [-0.2, -0.15) is 0 Å². The Hall–Kier alpha value is -3.14. The number of amides is 1. The van der Waals surface area contributed by atoms with Gasteiger partial charge in [0.05, 0.1) is 6.04 Å². The molecule has 132 valence electrons. The Balaban J connectivity index is 1.64. The first-order chi connectivity index (χ1) is 12.5. The second kappa shape index (κ2) is 7.83. The molecule has 0 radical (unpaired) electrons. The highest BCUT2D eigenvalue weighted by molar-refractivity contribution is 5.94. The van der Waals surface area contributed by atoms with Gasteiger partial charge in [0, 0.05) is 5.56 Å². The molecule has 4 nitrogen and oxygen atoms in total. The molecular weight excluding hydrogens is 326 g/mol. The molecule has 0 bridgehead atoms. The van der Waals surface area contributed by atoms with Gasteiger partial charge in [0.2, 0.25) is 0 Å². The fraction of sp³-hybridized carbons (Fsp3) is 0.182. The van der Waals surface area contributed by atoms with E-state index in [2.05, 4.69) is 23.5 Å². The quantitative estimate of drug-likeness (QED) is 0.677. The zero-order valence-corrected chi connectivity index (χ0v) is 14.9. The number of benzene rings is 3. The van der Waals surface area contributed by atoms with Gasteiger partial charge in [0.15, 0.2) is 12.4 Å². The van der Waals surface area contributed by atoms with Gasteiger partial charge in [-0.15, -0.1) is 0 Å². The summed E-state index contributed by atoms with van der Waals surface area (Å²) < 4.78 is 5.52. The third-order valence-electron chi connectivity index (χ3n) is 4.28. The van der Waals surface area contributed by atoms with Crippen molar-refractivity contribution in [3.63, 3.8) is 0 Å². The SMILES string of the molecule is CC(=O)c1cccc(OCC(=O)N[C@H](C)c2cccc3ccccc23)c1. The van der Waals surface area contributed by atoms with Crippen LogP contribution in [0.4, 0.5) is 0 Å². The molecule has 0 aliphatic rings. The van der Waals surface area contributed by atoms with E-state index in [1.54, 1.807) is 24.3 Å². The monoisotopic (exact) mass is 347 g/mol. The Bertz CT molecular complexity index is 944. The molecule has 3 rings (SSSR count). The van der Waals surface area contributed by atoms with E-state index in [-0.39, 0.29) is 24.3 Å². The van der Waals surface area contributed by atoms with Gasteiger partial charge < -0.3 is 10.1 Å². The minimum atomic E-state index is -0.210. The first kappa shape index (κ1) is 17.7. The Morgan fingerprint density at radius 2 is 1.73 bits per heavy atom. The number of Topliss-reactive ketones (excluding diaryl/α,β-unsaturated/α-hetero) is 1. The van der Waals surface area contributed by atoms with Gasteiger partial charge in [0.1, 0.15) is 5.75 Å². The summed E-state index contributed by atoms with van der Waals surface area (Å²) in [5.41, 5.74) is 1.63. The van der Waals surface area contributed by atoms with Crippen LogP contribution in [0.5, 0.6) is 5.75 Å². The molecule has 0 saturated heterocycles. The van der Waals surface area contributed by atoms with Gasteiger partial charge in [-0.05, 0) is 42.3 Å². The van der Waals surface area contributed by atoms with Crippen LogP contribution in [0.15, 0.2) is 66.7 Å². The Labute approximate surface area is 152 Å². The zero-order valence-electron chi connectivity index (χ0n) is 14.9. The molecule has 0 unspecified atom stereocenters. The first-order valence-corrected chi connectivity index (χ1v) is 8.55. The fourth-order valence-electron chi connectivity index (χ4n) is 2.94. The van der Waals surface area contributed by atoms with Crippen LogP contribution in [0.25, 0.3) is 10.8 Å². The number of ether oxygens (including phenoxy) is 1. The van der Waals surface area contributed by atoms with E-state index in [0.29, 0.717) is 11.3 Å². The summed E-state index contributed by atoms with van der Waals surface area (Å²) in [5, 5.41) is 5.23. The van der Waals surface area contributed by atoms with Crippen molar-refractivity contribution in [2.24, 2.45) is 0 Å². The summed E-state index contributed by atoms with van der Waals surface area (Å²) >= 11 is 0. The van der Waals surface area contributed by atoms with Crippen molar-refractivity contribution < 1.29 is 14.3 Å². The lowest BCUT2D eigenvalue weighted by Gasteiger charge is -2.17. The number of hydrogen-bond acceptors (Lipinski definition) is 3. The van der Waals surface area contributed by atoms with E-state index in [9.17, 15) is 9.59 Å². The molecule has 0 heterocycles. The van der Waals surface area contributed by atoms with E-state index < -0.39 is 0 Å². The molecule has 26 heavy (non-hydrogen) atoms. The number of carbonyl (C=O) groups is 2. The van der Waals surface area contributed by atoms with Crippen molar-refractivity contribution in [1.82, 2.24) is 5.32 Å². The lowest BCUT2D eigenvalue weighted by molar-refractivity contribution is -0.123. The van der Waals surface area contributed by atoms with E-state index in [1.165, 1.54) is 6.92 Å². The third kappa shape index (κ3) is 4.09. The molecule has 0 fully saturated rings. The van der Waals surface area contributed by atoms with Crippen molar-refractivity contribution >= 4 is 22.5 Å². The predicted molar refractivity (Wildman–Crippen MR) is 102 cm³/mol. The summed E-state index contributed by atoms with van der Waals surface area (Å²) in [7, 11) is 0. The third-order valence-corrected chi connectivity index (χ3v) is 4.28. The summed E-state index contributed by atoms with van der Waals surface area (Å²) in [4.78, 5) is 23.7. The average Bonchev–Trinajstić information content (AvgIpc) is 2.66. The molecular formula is C22H21NO3. The molecule has 3 aromatic rings. The van der Waals surface area contributed by atoms with Crippen LogP contribution in [0.3, 0.4) is 0 Å². The maximum atomic E-state index is 12.3. The topological polar surface area (TPSA) is 55.4 Å². The predicted octanol–water partition coefficient (Wildman–Crippen LogP) is 4.30. The van der Waals surface area contributed by atoms with Crippen LogP contribution in [0.1, 0.15) is 35.8 Å². The molecule has 1 atom stereocenters. The summed E-state index contributed by atoms with van der Waals surface area (Å²) in [6.45, 7) is 3.35. The molecule has 0 aliphatic heterocycles. The number of hydrogen-bond donors (Lipinski definition) is 1. The van der Waals surface area contributed by atoms with Crippen LogP contribution >= 0.6 is 0 Å². The largest absolute Gasteiger partial charge is 0.484 e. The Morgan fingerprint density at radius 3 is 2.54 bits per heavy atom. The van der Waals surface area contributed by atoms with Crippen LogP contribution in [0.2, 0.25) is 0 Å². The molecule has 3 aromatic carbocycles. The van der Waals surface area contributed by atoms with Crippen molar-refractivity contribution in [2.75, 3.05) is 6.61 Å². The molecule has 0 spiro atoms.